The van der Waals surface area contributed by atoms with Gasteiger partial charge in [0.1, 0.15) is 5.75 Å². The van der Waals surface area contributed by atoms with Crippen molar-refractivity contribution in [2.24, 2.45) is 5.41 Å². The molecular formula is C26H24N2O4S2. The van der Waals surface area contributed by atoms with Crippen molar-refractivity contribution in [2.75, 3.05) is 4.72 Å². The van der Waals surface area contributed by atoms with E-state index in [1.807, 2.05) is 42.5 Å². The number of nitrogens with one attached hydrogen (secondary N) is 1. The van der Waals surface area contributed by atoms with Crippen molar-refractivity contribution in [1.82, 2.24) is 4.98 Å². The summed E-state index contributed by atoms with van der Waals surface area (Å²) in [5.41, 5.74) is 1.72. The number of esters is 1. The van der Waals surface area contributed by atoms with Crippen LogP contribution in [0.1, 0.15) is 20.8 Å². The highest BCUT2D eigenvalue weighted by molar-refractivity contribution is 7.93. The summed E-state index contributed by atoms with van der Waals surface area (Å²) in [5.74, 6) is 0.113. The van der Waals surface area contributed by atoms with Crippen molar-refractivity contribution >= 4 is 32.5 Å². The van der Waals surface area contributed by atoms with E-state index >= 15 is 0 Å². The van der Waals surface area contributed by atoms with Crippen molar-refractivity contribution in [3.05, 3.63) is 84.9 Å². The van der Waals surface area contributed by atoms with Crippen LogP contribution in [0, 0.1) is 5.41 Å². The fourth-order valence-electron chi connectivity index (χ4n) is 3.06. The van der Waals surface area contributed by atoms with Crippen LogP contribution < -0.4 is 9.46 Å². The lowest BCUT2D eigenvalue weighted by atomic mass is 9.97. The molecule has 0 amide bonds. The van der Waals surface area contributed by atoms with Crippen LogP contribution in [-0.2, 0) is 14.8 Å². The standard InChI is InChI=1S/C26H24N2O4S2/c1-26(2,3)24(29)32-20-16-14-18(15-17-20)22-23(19-10-6-4-7-11-19)33-25(27-22)28-34(30,31)21-12-8-5-9-13-21/h4-17H,1-3H3,(H,27,28). The second-order valence-corrected chi connectivity index (χ2v) is 11.3. The Morgan fingerprint density at radius 1 is 0.853 bits per heavy atom. The number of hydrogen-bond donors (Lipinski definition) is 1. The molecule has 0 atom stereocenters. The van der Waals surface area contributed by atoms with E-state index in [9.17, 15) is 13.2 Å². The summed E-state index contributed by atoms with van der Waals surface area (Å²) in [4.78, 5) is 17.8. The van der Waals surface area contributed by atoms with Gasteiger partial charge in [-0.3, -0.25) is 9.52 Å². The molecule has 174 valence electrons. The third kappa shape index (κ3) is 5.35. The lowest BCUT2D eigenvalue weighted by molar-refractivity contribution is -0.142. The molecule has 0 aliphatic rings. The average molecular weight is 493 g/mol. The smallest absolute Gasteiger partial charge is 0.316 e. The van der Waals surface area contributed by atoms with Gasteiger partial charge in [0.2, 0.25) is 0 Å². The van der Waals surface area contributed by atoms with Gasteiger partial charge < -0.3 is 4.74 Å². The molecule has 0 spiro atoms. The number of carbonyl (C=O) groups excluding carboxylic acids is 1. The molecule has 0 saturated carbocycles. The number of sulfonamides is 1. The molecule has 0 bridgehead atoms. The number of thiazole rings is 1. The van der Waals surface area contributed by atoms with Gasteiger partial charge in [0.25, 0.3) is 10.0 Å². The highest BCUT2D eigenvalue weighted by Gasteiger charge is 2.24. The normalized spacial score (nSPS) is 11.7. The Bertz CT molecular complexity index is 1390. The number of nitrogens with zero attached hydrogens (tertiary/aromatic N) is 1. The zero-order valence-corrected chi connectivity index (χ0v) is 20.6. The zero-order chi connectivity index (χ0) is 24.3. The largest absolute Gasteiger partial charge is 0.426 e. The monoisotopic (exact) mass is 492 g/mol. The molecule has 8 heteroatoms. The number of aromatic nitrogens is 1. The highest BCUT2D eigenvalue weighted by Crippen LogP contribution is 2.40. The molecule has 1 heterocycles. The molecule has 1 N–H and O–H groups in total. The first-order valence-corrected chi connectivity index (χ1v) is 12.9. The summed E-state index contributed by atoms with van der Waals surface area (Å²) in [7, 11) is -3.77. The van der Waals surface area contributed by atoms with Crippen LogP contribution in [-0.4, -0.2) is 19.4 Å². The van der Waals surface area contributed by atoms with E-state index in [0.717, 1.165) is 16.0 Å². The quantitative estimate of drug-likeness (QED) is 0.255. The van der Waals surface area contributed by atoms with Crippen molar-refractivity contribution in [2.45, 2.75) is 25.7 Å². The topological polar surface area (TPSA) is 85.4 Å². The van der Waals surface area contributed by atoms with Gasteiger partial charge in [-0.1, -0.05) is 59.9 Å². The predicted octanol–water partition coefficient (Wildman–Crippen LogP) is 6.23. The van der Waals surface area contributed by atoms with Gasteiger partial charge in [-0.15, -0.1) is 0 Å². The van der Waals surface area contributed by atoms with Crippen LogP contribution in [0.25, 0.3) is 21.7 Å². The average Bonchev–Trinajstić information content (AvgIpc) is 3.23. The fraction of sp³-hybridized carbons (Fsp3) is 0.154. The van der Waals surface area contributed by atoms with E-state index in [1.54, 1.807) is 51.1 Å². The van der Waals surface area contributed by atoms with Crippen LogP contribution in [0.4, 0.5) is 5.13 Å². The van der Waals surface area contributed by atoms with Crippen molar-refractivity contribution in [1.29, 1.82) is 0 Å². The molecule has 0 fully saturated rings. The van der Waals surface area contributed by atoms with Crippen LogP contribution >= 0.6 is 11.3 Å². The van der Waals surface area contributed by atoms with Gasteiger partial charge in [0.15, 0.2) is 5.13 Å². The summed E-state index contributed by atoms with van der Waals surface area (Å²) < 4.78 is 33.7. The van der Waals surface area contributed by atoms with Crippen molar-refractivity contribution in [3.8, 4) is 27.4 Å². The molecule has 0 aliphatic carbocycles. The van der Waals surface area contributed by atoms with E-state index in [4.69, 9.17) is 4.74 Å². The van der Waals surface area contributed by atoms with E-state index in [-0.39, 0.29) is 16.0 Å². The molecule has 4 rings (SSSR count). The summed E-state index contributed by atoms with van der Waals surface area (Å²) >= 11 is 1.26. The molecule has 4 aromatic rings. The minimum absolute atomic E-state index is 0.165. The minimum atomic E-state index is -3.77. The number of benzene rings is 3. The SMILES string of the molecule is CC(C)(C)C(=O)Oc1ccc(-c2nc(NS(=O)(=O)c3ccccc3)sc2-c2ccccc2)cc1. The van der Waals surface area contributed by atoms with Crippen LogP contribution in [0.15, 0.2) is 89.8 Å². The van der Waals surface area contributed by atoms with Gasteiger partial charge in [-0.2, -0.15) is 0 Å². The Kier molecular flexibility index (Phi) is 6.54. The van der Waals surface area contributed by atoms with Crippen LogP contribution in [0.2, 0.25) is 0 Å². The number of ether oxygens (including phenoxy) is 1. The first-order valence-electron chi connectivity index (χ1n) is 10.6. The minimum Gasteiger partial charge on any atom is -0.426 e. The number of anilines is 1. The molecule has 1 aromatic heterocycles. The summed E-state index contributed by atoms with van der Waals surface area (Å²) in [6.45, 7) is 5.38. The van der Waals surface area contributed by atoms with Gasteiger partial charge >= 0.3 is 5.97 Å². The maximum Gasteiger partial charge on any atom is 0.316 e. The second kappa shape index (κ2) is 9.40. The lowest BCUT2D eigenvalue weighted by Crippen LogP contribution is -2.25. The Balaban J connectivity index is 1.69. The van der Waals surface area contributed by atoms with Gasteiger partial charge in [0, 0.05) is 5.56 Å². The number of rotatable bonds is 6. The Morgan fingerprint density at radius 2 is 1.44 bits per heavy atom. The number of carbonyl (C=O) groups is 1. The third-order valence-corrected chi connectivity index (χ3v) is 7.39. The lowest BCUT2D eigenvalue weighted by Gasteiger charge is -2.16. The van der Waals surface area contributed by atoms with Crippen LogP contribution in [0.3, 0.4) is 0 Å². The maximum absolute atomic E-state index is 12.8. The molecule has 0 unspecified atom stereocenters. The molecule has 34 heavy (non-hydrogen) atoms. The van der Waals surface area contributed by atoms with Crippen molar-refractivity contribution in [3.63, 3.8) is 0 Å². The van der Waals surface area contributed by atoms with Gasteiger partial charge in [-0.25, -0.2) is 13.4 Å². The first kappa shape index (κ1) is 23.7. The summed E-state index contributed by atoms with van der Waals surface area (Å²) in [5, 5.41) is 0.265. The fourth-order valence-corrected chi connectivity index (χ4v) is 5.31. The van der Waals surface area contributed by atoms with E-state index < -0.39 is 15.4 Å². The number of hydrogen-bond acceptors (Lipinski definition) is 6. The Hall–Kier alpha value is -3.49. The van der Waals surface area contributed by atoms with E-state index in [0.29, 0.717) is 11.4 Å². The molecule has 0 aliphatic heterocycles. The summed E-state index contributed by atoms with van der Waals surface area (Å²) in [6.07, 6.45) is 0. The van der Waals surface area contributed by atoms with E-state index in [2.05, 4.69) is 9.71 Å². The van der Waals surface area contributed by atoms with Gasteiger partial charge in [-0.05, 0) is 62.7 Å². The molecule has 3 aromatic carbocycles. The Morgan fingerprint density at radius 3 is 2.03 bits per heavy atom. The van der Waals surface area contributed by atoms with Crippen LogP contribution in [0.5, 0.6) is 5.75 Å². The zero-order valence-electron chi connectivity index (χ0n) is 19.0. The summed E-state index contributed by atoms with van der Waals surface area (Å²) in [6, 6.07) is 24.9. The van der Waals surface area contributed by atoms with E-state index in [1.165, 1.54) is 23.5 Å². The van der Waals surface area contributed by atoms with Gasteiger partial charge in [0.05, 0.1) is 20.9 Å². The Labute approximate surface area is 203 Å². The molecule has 0 saturated heterocycles. The third-order valence-electron chi connectivity index (χ3n) is 4.89. The second-order valence-electron chi connectivity index (χ2n) is 8.65. The first-order chi connectivity index (χ1) is 16.1. The maximum atomic E-state index is 12.8. The van der Waals surface area contributed by atoms with Crippen molar-refractivity contribution < 1.29 is 17.9 Å². The predicted molar refractivity (Wildman–Crippen MR) is 135 cm³/mol. The molecule has 6 nitrogen and oxygen atoms in total. The highest BCUT2D eigenvalue weighted by atomic mass is 32.2. The molecular weight excluding hydrogens is 468 g/mol. The molecule has 0 radical (unpaired) electrons.